The predicted octanol–water partition coefficient (Wildman–Crippen LogP) is 0.462. The fourth-order valence-electron chi connectivity index (χ4n) is 1.03. The first kappa shape index (κ1) is 8.37. The van der Waals surface area contributed by atoms with E-state index in [1.165, 1.54) is 17.9 Å². The number of aliphatic hydroxyl groups excluding tert-OH is 1. The largest absolute Gasteiger partial charge is 0.392 e. The van der Waals surface area contributed by atoms with Crippen molar-refractivity contribution < 1.29 is 5.11 Å². The number of thioether (sulfide) groups is 1. The summed E-state index contributed by atoms with van der Waals surface area (Å²) in [6.07, 6.45) is 1.06. The molecule has 1 aliphatic rings. The van der Waals surface area contributed by atoms with Crippen molar-refractivity contribution in [2.75, 3.05) is 18.1 Å². The van der Waals surface area contributed by atoms with Crippen LogP contribution >= 0.6 is 11.8 Å². The van der Waals surface area contributed by atoms with Gasteiger partial charge in [0, 0.05) is 18.3 Å². The Labute approximate surface area is 66.4 Å². The van der Waals surface area contributed by atoms with Crippen molar-refractivity contribution >= 4 is 11.8 Å². The van der Waals surface area contributed by atoms with E-state index in [-0.39, 0.29) is 6.10 Å². The highest BCUT2D eigenvalue weighted by Gasteiger charge is 2.14. The van der Waals surface area contributed by atoms with E-state index in [9.17, 15) is 0 Å². The van der Waals surface area contributed by atoms with Crippen LogP contribution in [0.4, 0.5) is 0 Å². The van der Waals surface area contributed by atoms with Crippen LogP contribution in [-0.2, 0) is 0 Å². The molecule has 1 aliphatic heterocycles. The van der Waals surface area contributed by atoms with E-state index in [1.807, 2.05) is 18.7 Å². The molecule has 1 rings (SSSR count). The molecule has 3 heteroatoms. The normalized spacial score (nSPS) is 28.8. The third kappa shape index (κ3) is 2.90. The first-order valence-corrected chi connectivity index (χ1v) is 4.93. The van der Waals surface area contributed by atoms with E-state index in [1.54, 1.807) is 0 Å². The maximum absolute atomic E-state index is 8.94. The summed E-state index contributed by atoms with van der Waals surface area (Å²) in [7, 11) is 0. The molecule has 1 saturated heterocycles. The van der Waals surface area contributed by atoms with Gasteiger partial charge < -0.3 is 10.4 Å². The monoisotopic (exact) mass is 161 g/mol. The van der Waals surface area contributed by atoms with E-state index in [4.69, 9.17) is 5.11 Å². The van der Waals surface area contributed by atoms with Crippen LogP contribution in [0.3, 0.4) is 0 Å². The fraction of sp³-hybridized carbons (Fsp3) is 1.00. The first-order chi connectivity index (χ1) is 4.79. The van der Waals surface area contributed by atoms with Crippen molar-refractivity contribution in [2.45, 2.75) is 25.5 Å². The summed E-state index contributed by atoms with van der Waals surface area (Å²) in [5, 5.41) is 12.3. The zero-order valence-corrected chi connectivity index (χ0v) is 7.16. The van der Waals surface area contributed by atoms with Gasteiger partial charge in [-0.25, -0.2) is 0 Å². The molecule has 1 fully saturated rings. The molecule has 0 saturated carbocycles. The molecule has 1 heterocycles. The van der Waals surface area contributed by atoms with Gasteiger partial charge in [-0.2, -0.15) is 11.8 Å². The van der Waals surface area contributed by atoms with Crippen molar-refractivity contribution in [2.24, 2.45) is 0 Å². The Balaban J connectivity index is 2.01. The lowest BCUT2D eigenvalue weighted by Crippen LogP contribution is -2.34. The van der Waals surface area contributed by atoms with Crippen LogP contribution in [0.2, 0.25) is 0 Å². The first-order valence-electron chi connectivity index (χ1n) is 3.78. The Bertz CT molecular complexity index is 91.6. The van der Waals surface area contributed by atoms with Crippen LogP contribution in [0.5, 0.6) is 0 Å². The molecule has 0 spiro atoms. The van der Waals surface area contributed by atoms with Gasteiger partial charge in [-0.05, 0) is 19.1 Å². The smallest absolute Gasteiger partial charge is 0.0636 e. The summed E-state index contributed by atoms with van der Waals surface area (Å²) < 4.78 is 0. The fourth-order valence-corrected chi connectivity index (χ4v) is 2.22. The molecule has 0 aromatic heterocycles. The van der Waals surface area contributed by atoms with E-state index in [0.717, 1.165) is 6.54 Å². The van der Waals surface area contributed by atoms with Gasteiger partial charge in [-0.3, -0.25) is 0 Å². The molecule has 0 radical (unpaired) electrons. The molecular weight excluding hydrogens is 146 g/mol. The number of hydrogen-bond acceptors (Lipinski definition) is 3. The highest BCUT2D eigenvalue weighted by molar-refractivity contribution is 7.99. The van der Waals surface area contributed by atoms with Crippen molar-refractivity contribution in [3.05, 3.63) is 0 Å². The zero-order chi connectivity index (χ0) is 7.40. The topological polar surface area (TPSA) is 32.3 Å². The zero-order valence-electron chi connectivity index (χ0n) is 6.34. The molecule has 2 atom stereocenters. The summed E-state index contributed by atoms with van der Waals surface area (Å²) in [5.74, 6) is 2.49. The number of aliphatic hydroxyl groups is 1. The Hall–Kier alpha value is 0.270. The van der Waals surface area contributed by atoms with Gasteiger partial charge in [0.2, 0.25) is 0 Å². The standard InChI is InChI=1S/C7H15NOS/c1-6(9)4-8-7-2-3-10-5-7/h6-9H,2-5H2,1H3/t6-,7?/m1/s1. The molecule has 0 aliphatic carbocycles. The molecule has 0 aromatic carbocycles. The van der Waals surface area contributed by atoms with Gasteiger partial charge >= 0.3 is 0 Å². The lowest BCUT2D eigenvalue weighted by Gasteiger charge is -2.11. The summed E-state index contributed by atoms with van der Waals surface area (Å²) in [6, 6.07) is 0.652. The van der Waals surface area contributed by atoms with Crippen LogP contribution < -0.4 is 5.32 Å². The summed E-state index contributed by atoms with van der Waals surface area (Å²) >= 11 is 1.99. The highest BCUT2D eigenvalue weighted by Crippen LogP contribution is 2.16. The number of rotatable bonds is 3. The molecule has 1 unspecified atom stereocenters. The van der Waals surface area contributed by atoms with Crippen LogP contribution in [0.15, 0.2) is 0 Å². The molecule has 0 bridgehead atoms. The minimum Gasteiger partial charge on any atom is -0.392 e. The molecule has 2 nitrogen and oxygen atoms in total. The van der Waals surface area contributed by atoms with E-state index < -0.39 is 0 Å². The second-order valence-electron chi connectivity index (χ2n) is 2.82. The summed E-state index contributed by atoms with van der Waals surface area (Å²) in [4.78, 5) is 0. The van der Waals surface area contributed by atoms with Crippen LogP contribution in [0, 0.1) is 0 Å². The molecule has 60 valence electrons. The third-order valence-electron chi connectivity index (χ3n) is 1.63. The van der Waals surface area contributed by atoms with Gasteiger partial charge in [-0.1, -0.05) is 0 Å². The summed E-state index contributed by atoms with van der Waals surface area (Å²) in [6.45, 7) is 2.56. The number of nitrogens with one attached hydrogen (secondary N) is 1. The van der Waals surface area contributed by atoms with Gasteiger partial charge in [0.25, 0.3) is 0 Å². The van der Waals surface area contributed by atoms with Gasteiger partial charge in [-0.15, -0.1) is 0 Å². The second-order valence-corrected chi connectivity index (χ2v) is 3.97. The van der Waals surface area contributed by atoms with Crippen molar-refractivity contribution in [1.29, 1.82) is 0 Å². The average Bonchev–Trinajstić information content (AvgIpc) is 2.34. The molecule has 10 heavy (non-hydrogen) atoms. The maximum atomic E-state index is 8.94. The lowest BCUT2D eigenvalue weighted by atomic mass is 10.2. The van der Waals surface area contributed by atoms with Gasteiger partial charge in [0.1, 0.15) is 0 Å². The minimum atomic E-state index is -0.203. The Morgan fingerprint density at radius 1 is 1.80 bits per heavy atom. The van der Waals surface area contributed by atoms with Crippen LogP contribution in [0.1, 0.15) is 13.3 Å². The molecule has 2 N–H and O–H groups in total. The maximum Gasteiger partial charge on any atom is 0.0636 e. The molecular formula is C7H15NOS. The minimum absolute atomic E-state index is 0.203. The Kier molecular flexibility index (Phi) is 3.52. The SMILES string of the molecule is C[C@@H](O)CNC1CCSC1. The van der Waals surface area contributed by atoms with Gasteiger partial charge in [0.05, 0.1) is 6.10 Å². The van der Waals surface area contributed by atoms with E-state index >= 15 is 0 Å². The van der Waals surface area contributed by atoms with Crippen LogP contribution in [-0.4, -0.2) is 35.3 Å². The van der Waals surface area contributed by atoms with E-state index in [2.05, 4.69) is 5.32 Å². The predicted molar refractivity (Wildman–Crippen MR) is 45.4 cm³/mol. The molecule has 0 aromatic rings. The molecule has 0 amide bonds. The van der Waals surface area contributed by atoms with Gasteiger partial charge in [0.15, 0.2) is 0 Å². The average molecular weight is 161 g/mol. The van der Waals surface area contributed by atoms with Crippen molar-refractivity contribution in [3.8, 4) is 0 Å². The Morgan fingerprint density at radius 3 is 3.10 bits per heavy atom. The van der Waals surface area contributed by atoms with E-state index in [0.29, 0.717) is 6.04 Å². The lowest BCUT2D eigenvalue weighted by molar-refractivity contribution is 0.187. The number of hydrogen-bond donors (Lipinski definition) is 2. The summed E-state index contributed by atoms with van der Waals surface area (Å²) in [5.41, 5.74) is 0. The Morgan fingerprint density at radius 2 is 2.60 bits per heavy atom. The quantitative estimate of drug-likeness (QED) is 0.631. The third-order valence-corrected chi connectivity index (χ3v) is 2.79. The highest BCUT2D eigenvalue weighted by atomic mass is 32.2. The second kappa shape index (κ2) is 4.21. The van der Waals surface area contributed by atoms with Crippen molar-refractivity contribution in [1.82, 2.24) is 5.32 Å². The van der Waals surface area contributed by atoms with Crippen LogP contribution in [0.25, 0.3) is 0 Å². The van der Waals surface area contributed by atoms with Crippen molar-refractivity contribution in [3.63, 3.8) is 0 Å².